The molecule has 0 N–H and O–H groups in total. The fourth-order valence-electron chi connectivity index (χ4n) is 4.04. The molecule has 1 aromatic heterocycles. The lowest BCUT2D eigenvalue weighted by Crippen LogP contribution is -2.46. The number of nitrogens with zero attached hydrogens (tertiary/aromatic N) is 2. The van der Waals surface area contributed by atoms with Gasteiger partial charge in [0.25, 0.3) is 0 Å². The molecule has 8 nitrogen and oxygen atoms in total. The summed E-state index contributed by atoms with van der Waals surface area (Å²) in [4.78, 5) is 50.0. The van der Waals surface area contributed by atoms with Crippen molar-refractivity contribution in [3.05, 3.63) is 23.0 Å². The Balaban J connectivity index is 1.62. The Labute approximate surface area is 173 Å². The van der Waals surface area contributed by atoms with Gasteiger partial charge in [0.1, 0.15) is 6.04 Å². The number of amides is 1. The van der Waals surface area contributed by atoms with Gasteiger partial charge in [-0.1, -0.05) is 0 Å². The molecule has 158 valence electrons. The molecule has 2 fully saturated rings. The van der Waals surface area contributed by atoms with Crippen molar-refractivity contribution in [2.75, 3.05) is 19.5 Å². The summed E-state index contributed by atoms with van der Waals surface area (Å²) in [5.74, 6) is -0.726. The zero-order valence-electron chi connectivity index (χ0n) is 17.1. The molecule has 2 atom stereocenters. The summed E-state index contributed by atoms with van der Waals surface area (Å²) in [5.41, 5.74) is 2.01. The average Bonchev–Trinajstić information content (AvgIpc) is 3.28. The van der Waals surface area contributed by atoms with Crippen LogP contribution in [0.4, 0.5) is 0 Å². The number of thioether (sulfide) groups is 1. The van der Waals surface area contributed by atoms with Gasteiger partial charge in [-0.05, 0) is 33.3 Å². The van der Waals surface area contributed by atoms with E-state index in [4.69, 9.17) is 4.74 Å². The summed E-state index contributed by atoms with van der Waals surface area (Å²) in [6.07, 6.45) is 1.36. The van der Waals surface area contributed by atoms with Gasteiger partial charge in [0, 0.05) is 35.7 Å². The highest BCUT2D eigenvalue weighted by Crippen LogP contribution is 2.47. The van der Waals surface area contributed by atoms with E-state index < -0.39 is 12.0 Å². The van der Waals surface area contributed by atoms with Crippen molar-refractivity contribution in [2.45, 2.75) is 57.5 Å². The average molecular weight is 423 g/mol. The lowest BCUT2D eigenvalue weighted by Gasteiger charge is -2.29. The molecule has 1 aromatic rings. The third-order valence-electron chi connectivity index (χ3n) is 5.70. The fraction of sp³-hybridized carbons (Fsp3) is 0.600. The Morgan fingerprint density at radius 1 is 1.31 bits per heavy atom. The minimum absolute atomic E-state index is 0.0417. The van der Waals surface area contributed by atoms with Gasteiger partial charge in [0.2, 0.25) is 11.7 Å². The fourth-order valence-corrected chi connectivity index (χ4v) is 5.46. The first-order chi connectivity index (χ1) is 13.7. The number of rotatable bonds is 7. The van der Waals surface area contributed by atoms with Crippen LogP contribution in [0, 0.1) is 13.8 Å². The number of aryl methyl sites for hydroxylation is 1. The molecule has 2 saturated heterocycles. The normalized spacial score (nSPS) is 23.2. The van der Waals surface area contributed by atoms with Crippen molar-refractivity contribution < 1.29 is 28.7 Å². The molecule has 0 aromatic carbocycles. The molecule has 0 aliphatic carbocycles. The summed E-state index contributed by atoms with van der Waals surface area (Å²) in [6.45, 7) is 5.64. The predicted molar refractivity (Wildman–Crippen MR) is 107 cm³/mol. The van der Waals surface area contributed by atoms with Crippen molar-refractivity contribution >= 4 is 35.4 Å². The SMILES string of the molecule is COC(=O)CCn1c(C)cc(C(=O)COC(=O)[C@@H]2CS[C@@]3(C)CCC(=O)N23)c1C. The lowest BCUT2D eigenvalue weighted by atomic mass is 10.1. The van der Waals surface area contributed by atoms with Gasteiger partial charge in [0.05, 0.1) is 18.4 Å². The van der Waals surface area contributed by atoms with Crippen LogP contribution in [-0.4, -0.2) is 63.5 Å². The number of methoxy groups -OCH3 is 1. The molecule has 2 aliphatic rings. The number of hydrogen-bond donors (Lipinski definition) is 0. The van der Waals surface area contributed by atoms with E-state index in [1.807, 2.05) is 18.4 Å². The predicted octanol–water partition coefficient (Wildman–Crippen LogP) is 1.85. The Kier molecular flexibility index (Phi) is 6.07. The molecule has 29 heavy (non-hydrogen) atoms. The largest absolute Gasteiger partial charge is 0.469 e. The first-order valence-electron chi connectivity index (χ1n) is 9.57. The number of aromatic nitrogens is 1. The molecule has 0 saturated carbocycles. The van der Waals surface area contributed by atoms with E-state index in [9.17, 15) is 19.2 Å². The Bertz CT molecular complexity index is 863. The van der Waals surface area contributed by atoms with Gasteiger partial charge in [-0.15, -0.1) is 11.8 Å². The van der Waals surface area contributed by atoms with E-state index in [0.717, 1.165) is 12.1 Å². The van der Waals surface area contributed by atoms with Crippen molar-refractivity contribution in [2.24, 2.45) is 0 Å². The molecule has 0 bridgehead atoms. The number of esters is 2. The zero-order valence-corrected chi connectivity index (χ0v) is 18.0. The van der Waals surface area contributed by atoms with Gasteiger partial charge >= 0.3 is 11.9 Å². The second kappa shape index (κ2) is 8.22. The monoisotopic (exact) mass is 422 g/mol. The Morgan fingerprint density at radius 3 is 2.72 bits per heavy atom. The third kappa shape index (κ3) is 4.05. The van der Waals surface area contributed by atoms with E-state index in [1.54, 1.807) is 29.7 Å². The second-order valence-electron chi connectivity index (χ2n) is 7.56. The van der Waals surface area contributed by atoms with Crippen LogP contribution >= 0.6 is 11.8 Å². The number of fused-ring (bicyclic) bond motifs is 1. The van der Waals surface area contributed by atoms with Crippen LogP contribution < -0.4 is 0 Å². The minimum Gasteiger partial charge on any atom is -0.469 e. The first-order valence-corrected chi connectivity index (χ1v) is 10.6. The number of Topliss-reactive ketones (excluding diaryl/α,β-unsaturated/α-hetero) is 1. The topological polar surface area (TPSA) is 94.9 Å². The van der Waals surface area contributed by atoms with Crippen LogP contribution in [0.25, 0.3) is 0 Å². The number of ether oxygens (including phenoxy) is 2. The minimum atomic E-state index is -0.639. The van der Waals surface area contributed by atoms with Gasteiger partial charge in [-0.2, -0.15) is 0 Å². The van der Waals surface area contributed by atoms with Crippen molar-refractivity contribution in [3.63, 3.8) is 0 Å². The van der Waals surface area contributed by atoms with Crippen LogP contribution in [0.1, 0.15) is 47.9 Å². The quantitative estimate of drug-likeness (QED) is 0.489. The van der Waals surface area contributed by atoms with Crippen molar-refractivity contribution in [1.29, 1.82) is 0 Å². The standard InChI is InChI=1S/C20H26N2O6S/c1-12-9-14(13(2)21(12)8-6-18(25)27-4)16(23)10-28-19(26)15-11-29-20(3)7-5-17(24)22(15)20/h9,15H,5-8,10-11H2,1-4H3/t15-,20-/m0/s1. The lowest BCUT2D eigenvalue weighted by molar-refractivity contribution is -0.152. The highest BCUT2D eigenvalue weighted by Gasteiger charge is 2.53. The molecule has 0 spiro atoms. The van der Waals surface area contributed by atoms with E-state index in [1.165, 1.54) is 7.11 Å². The van der Waals surface area contributed by atoms with E-state index >= 15 is 0 Å². The van der Waals surface area contributed by atoms with Gasteiger partial charge in [-0.3, -0.25) is 14.4 Å². The highest BCUT2D eigenvalue weighted by atomic mass is 32.2. The van der Waals surface area contributed by atoms with Crippen LogP contribution in [0.15, 0.2) is 6.07 Å². The molecule has 3 rings (SSSR count). The molecule has 2 aliphatic heterocycles. The Hall–Kier alpha value is -2.29. The van der Waals surface area contributed by atoms with E-state index in [0.29, 0.717) is 30.0 Å². The first kappa shape index (κ1) is 21.4. The zero-order chi connectivity index (χ0) is 21.3. The number of carbonyl (C=O) groups excluding carboxylic acids is 4. The van der Waals surface area contributed by atoms with Crippen LogP contribution in [0.5, 0.6) is 0 Å². The van der Waals surface area contributed by atoms with Crippen molar-refractivity contribution in [3.8, 4) is 0 Å². The molecular weight excluding hydrogens is 396 g/mol. The maximum absolute atomic E-state index is 12.6. The van der Waals surface area contributed by atoms with E-state index in [-0.39, 0.29) is 35.6 Å². The van der Waals surface area contributed by atoms with Crippen LogP contribution in [0.2, 0.25) is 0 Å². The summed E-state index contributed by atoms with van der Waals surface area (Å²) in [6, 6.07) is 1.09. The number of hydrogen-bond acceptors (Lipinski definition) is 7. The molecule has 3 heterocycles. The van der Waals surface area contributed by atoms with Gasteiger partial charge < -0.3 is 18.9 Å². The van der Waals surface area contributed by atoms with Crippen LogP contribution in [0.3, 0.4) is 0 Å². The summed E-state index contributed by atoms with van der Waals surface area (Å²) in [7, 11) is 1.34. The van der Waals surface area contributed by atoms with E-state index in [2.05, 4.69) is 4.74 Å². The molecular formula is C20H26N2O6S. The molecule has 9 heteroatoms. The molecule has 0 radical (unpaired) electrons. The van der Waals surface area contributed by atoms with Gasteiger partial charge in [0.15, 0.2) is 6.61 Å². The van der Waals surface area contributed by atoms with Crippen LogP contribution in [-0.2, 0) is 30.4 Å². The maximum Gasteiger partial charge on any atom is 0.330 e. The summed E-state index contributed by atoms with van der Waals surface area (Å²) >= 11 is 1.58. The summed E-state index contributed by atoms with van der Waals surface area (Å²) in [5, 5.41) is 0. The third-order valence-corrected chi connectivity index (χ3v) is 7.21. The smallest absolute Gasteiger partial charge is 0.330 e. The summed E-state index contributed by atoms with van der Waals surface area (Å²) < 4.78 is 11.8. The maximum atomic E-state index is 12.6. The number of ketones is 1. The highest BCUT2D eigenvalue weighted by molar-refractivity contribution is 8.01. The molecule has 0 unspecified atom stereocenters. The molecule has 1 amide bonds. The number of carbonyl (C=O) groups is 4. The Morgan fingerprint density at radius 2 is 2.03 bits per heavy atom. The van der Waals surface area contributed by atoms with Gasteiger partial charge in [-0.25, -0.2) is 4.79 Å². The van der Waals surface area contributed by atoms with Crippen molar-refractivity contribution in [1.82, 2.24) is 9.47 Å². The second-order valence-corrected chi connectivity index (χ2v) is 9.06.